The molecule has 0 fully saturated rings. The van der Waals surface area contributed by atoms with Crippen LogP contribution in [0.3, 0.4) is 0 Å². The molecular weight excluding hydrogens is 320 g/mol. The van der Waals surface area contributed by atoms with Gasteiger partial charge >= 0.3 is 0 Å². The first-order valence-corrected chi connectivity index (χ1v) is 10.0. The van der Waals surface area contributed by atoms with Gasteiger partial charge in [-0.05, 0) is 80.6 Å². The van der Waals surface area contributed by atoms with Crippen molar-refractivity contribution in [2.24, 2.45) is 0 Å². The molecule has 1 N–H and O–H groups in total. The van der Waals surface area contributed by atoms with E-state index in [9.17, 15) is 8.42 Å². The Balaban J connectivity index is 1.79. The minimum absolute atomic E-state index is 0.343. The fourth-order valence-corrected chi connectivity index (χ4v) is 4.37. The van der Waals surface area contributed by atoms with Crippen molar-refractivity contribution in [3.05, 3.63) is 53.6 Å². The van der Waals surface area contributed by atoms with Crippen molar-refractivity contribution in [2.45, 2.75) is 38.0 Å². The quantitative estimate of drug-likeness (QED) is 0.866. The van der Waals surface area contributed by atoms with E-state index >= 15 is 0 Å². The van der Waals surface area contributed by atoms with Gasteiger partial charge in [-0.25, -0.2) is 8.42 Å². The Hall–Kier alpha value is -2.01. The first-order chi connectivity index (χ1) is 11.5. The summed E-state index contributed by atoms with van der Waals surface area (Å²) in [6.07, 6.45) is 3.13. The zero-order chi connectivity index (χ0) is 17.2. The molecule has 4 nitrogen and oxygen atoms in total. The van der Waals surface area contributed by atoms with Crippen molar-refractivity contribution in [1.29, 1.82) is 0 Å². The zero-order valence-corrected chi connectivity index (χ0v) is 15.1. The molecule has 3 rings (SSSR count). The predicted molar refractivity (Wildman–Crippen MR) is 99.3 cm³/mol. The molecule has 0 heterocycles. The third-order valence-electron chi connectivity index (χ3n) is 4.63. The highest BCUT2D eigenvalue weighted by Gasteiger charge is 2.18. The molecule has 0 atom stereocenters. The van der Waals surface area contributed by atoms with E-state index in [1.807, 2.05) is 36.4 Å². The van der Waals surface area contributed by atoms with E-state index in [1.165, 1.54) is 5.56 Å². The summed E-state index contributed by atoms with van der Waals surface area (Å²) in [4.78, 5) is 2.56. The fraction of sp³-hybridized carbons (Fsp3) is 0.368. The molecule has 128 valence electrons. The maximum absolute atomic E-state index is 12.6. The van der Waals surface area contributed by atoms with Crippen molar-refractivity contribution in [3.8, 4) is 0 Å². The molecule has 0 aliphatic heterocycles. The smallest absolute Gasteiger partial charge is 0.261 e. The van der Waals surface area contributed by atoms with Crippen LogP contribution in [0.25, 0.3) is 0 Å². The van der Waals surface area contributed by atoms with Gasteiger partial charge in [0, 0.05) is 24.5 Å². The summed E-state index contributed by atoms with van der Waals surface area (Å²) < 4.78 is 27.9. The lowest BCUT2D eigenvalue weighted by Gasteiger charge is -2.21. The van der Waals surface area contributed by atoms with E-state index in [1.54, 1.807) is 6.07 Å². The van der Waals surface area contributed by atoms with Crippen molar-refractivity contribution < 1.29 is 8.42 Å². The Morgan fingerprint density at radius 1 is 0.958 bits per heavy atom. The Morgan fingerprint density at radius 3 is 2.29 bits per heavy atom. The van der Waals surface area contributed by atoms with E-state index in [0.29, 0.717) is 10.6 Å². The third kappa shape index (κ3) is 3.41. The largest absolute Gasteiger partial charge is 0.372 e. The van der Waals surface area contributed by atoms with Crippen LogP contribution in [-0.2, 0) is 22.9 Å². The highest BCUT2D eigenvalue weighted by molar-refractivity contribution is 7.92. The summed E-state index contributed by atoms with van der Waals surface area (Å²) in [6, 6.07) is 13.0. The molecule has 0 radical (unpaired) electrons. The Morgan fingerprint density at radius 2 is 1.62 bits per heavy atom. The summed E-state index contributed by atoms with van der Waals surface area (Å²) in [5, 5.41) is 0. The van der Waals surface area contributed by atoms with Gasteiger partial charge in [0.1, 0.15) is 0 Å². The Kier molecular flexibility index (Phi) is 4.81. The normalized spacial score (nSPS) is 13.6. The average molecular weight is 344 g/mol. The van der Waals surface area contributed by atoms with Gasteiger partial charge in [0.15, 0.2) is 0 Å². The second kappa shape index (κ2) is 6.85. The molecule has 2 aromatic rings. The Bertz CT molecular complexity index is 810. The number of fused-ring (bicyclic) bond motifs is 1. The van der Waals surface area contributed by atoms with E-state index in [-0.39, 0.29) is 0 Å². The molecule has 2 aromatic carbocycles. The number of nitrogens with zero attached hydrogens (tertiary/aromatic N) is 1. The molecule has 0 bridgehead atoms. The van der Waals surface area contributed by atoms with Crippen LogP contribution < -0.4 is 9.62 Å². The topological polar surface area (TPSA) is 49.4 Å². The molecule has 0 unspecified atom stereocenters. The summed E-state index contributed by atoms with van der Waals surface area (Å²) >= 11 is 0. The highest BCUT2D eigenvalue weighted by Crippen LogP contribution is 2.26. The summed E-state index contributed by atoms with van der Waals surface area (Å²) in [6.45, 7) is 6.06. The minimum atomic E-state index is -3.54. The number of sulfonamides is 1. The van der Waals surface area contributed by atoms with E-state index in [2.05, 4.69) is 23.5 Å². The van der Waals surface area contributed by atoms with Gasteiger partial charge in [0.25, 0.3) is 10.0 Å². The number of anilines is 2. The van der Waals surface area contributed by atoms with Crippen molar-refractivity contribution in [3.63, 3.8) is 0 Å². The molecule has 1 aliphatic carbocycles. The number of benzene rings is 2. The van der Waals surface area contributed by atoms with Crippen LogP contribution in [0.15, 0.2) is 47.4 Å². The van der Waals surface area contributed by atoms with Crippen molar-refractivity contribution in [1.82, 2.24) is 0 Å². The Labute approximate surface area is 144 Å². The molecule has 1 aliphatic rings. The molecule has 0 saturated carbocycles. The molecule has 0 saturated heterocycles. The molecule has 0 aromatic heterocycles. The van der Waals surface area contributed by atoms with Gasteiger partial charge in [-0.2, -0.15) is 0 Å². The first kappa shape index (κ1) is 16.8. The van der Waals surface area contributed by atoms with Gasteiger partial charge < -0.3 is 4.90 Å². The molecule has 0 spiro atoms. The van der Waals surface area contributed by atoms with E-state index in [0.717, 1.165) is 43.6 Å². The first-order valence-electron chi connectivity index (χ1n) is 8.53. The van der Waals surface area contributed by atoms with Crippen LogP contribution in [0, 0.1) is 0 Å². The van der Waals surface area contributed by atoms with Crippen LogP contribution in [0.2, 0.25) is 0 Å². The van der Waals surface area contributed by atoms with Crippen molar-refractivity contribution in [2.75, 3.05) is 22.7 Å². The predicted octanol–water partition coefficient (Wildman–Crippen LogP) is 3.82. The van der Waals surface area contributed by atoms with Crippen LogP contribution in [0.4, 0.5) is 11.4 Å². The highest BCUT2D eigenvalue weighted by atomic mass is 32.2. The number of hydrogen-bond acceptors (Lipinski definition) is 3. The molecular formula is C19H24N2O2S. The molecule has 5 heteroatoms. The molecule has 24 heavy (non-hydrogen) atoms. The lowest BCUT2D eigenvalue weighted by molar-refractivity contribution is 0.601. The number of nitrogens with one attached hydrogen (secondary N) is 1. The lowest BCUT2D eigenvalue weighted by atomic mass is 10.1. The van der Waals surface area contributed by atoms with Gasteiger partial charge in [0.05, 0.1) is 4.90 Å². The van der Waals surface area contributed by atoms with Crippen molar-refractivity contribution >= 4 is 21.4 Å². The van der Waals surface area contributed by atoms with Crippen LogP contribution in [0.1, 0.15) is 31.4 Å². The summed E-state index contributed by atoms with van der Waals surface area (Å²) in [7, 11) is -3.54. The monoisotopic (exact) mass is 344 g/mol. The standard InChI is InChI=1S/C19H24N2O2S/c1-3-21(4-2)18-11-9-17(10-12-18)20-24(22,23)19-13-8-15-6-5-7-16(15)14-19/h8-14,20H,3-7H2,1-2H3. The maximum Gasteiger partial charge on any atom is 0.261 e. The number of rotatable bonds is 6. The summed E-state index contributed by atoms with van der Waals surface area (Å²) in [5.74, 6) is 0. The zero-order valence-electron chi connectivity index (χ0n) is 14.2. The second-order valence-electron chi connectivity index (χ2n) is 6.11. The second-order valence-corrected chi connectivity index (χ2v) is 7.79. The minimum Gasteiger partial charge on any atom is -0.372 e. The SMILES string of the molecule is CCN(CC)c1ccc(NS(=O)(=O)c2ccc3c(c2)CCC3)cc1. The maximum atomic E-state index is 12.6. The lowest BCUT2D eigenvalue weighted by Crippen LogP contribution is -2.21. The van der Waals surface area contributed by atoms with Crippen LogP contribution in [-0.4, -0.2) is 21.5 Å². The van der Waals surface area contributed by atoms with Crippen LogP contribution >= 0.6 is 0 Å². The number of hydrogen-bond donors (Lipinski definition) is 1. The van der Waals surface area contributed by atoms with Gasteiger partial charge in [-0.1, -0.05) is 6.07 Å². The summed E-state index contributed by atoms with van der Waals surface area (Å²) in [5.41, 5.74) is 4.12. The van der Waals surface area contributed by atoms with E-state index < -0.39 is 10.0 Å². The number of aryl methyl sites for hydroxylation is 2. The third-order valence-corrected chi connectivity index (χ3v) is 6.01. The van der Waals surface area contributed by atoms with E-state index in [4.69, 9.17) is 0 Å². The molecule has 0 amide bonds. The fourth-order valence-electron chi connectivity index (χ4n) is 3.26. The van der Waals surface area contributed by atoms with Gasteiger partial charge in [0.2, 0.25) is 0 Å². The van der Waals surface area contributed by atoms with Gasteiger partial charge in [-0.3, -0.25) is 4.72 Å². The van der Waals surface area contributed by atoms with Gasteiger partial charge in [-0.15, -0.1) is 0 Å². The van der Waals surface area contributed by atoms with Crippen LogP contribution in [0.5, 0.6) is 0 Å². The average Bonchev–Trinajstić information content (AvgIpc) is 3.05.